The zero-order valence-electron chi connectivity index (χ0n) is 16.4. The Morgan fingerprint density at radius 2 is 1.84 bits per heavy atom. The lowest BCUT2D eigenvalue weighted by Crippen LogP contribution is -2.41. The number of carbonyl (C=O) groups excluding carboxylic acids is 2. The molecule has 2 aliphatic heterocycles. The van der Waals surface area contributed by atoms with Gasteiger partial charge in [0.05, 0.1) is 33.2 Å². The van der Waals surface area contributed by atoms with E-state index in [1.54, 1.807) is 12.1 Å². The molecule has 8 nitrogen and oxygen atoms in total. The van der Waals surface area contributed by atoms with Gasteiger partial charge < -0.3 is 4.84 Å². The number of anilines is 1. The quantitative estimate of drug-likeness (QED) is 0.400. The number of non-ortho nitro benzene ring substituents is 1. The summed E-state index contributed by atoms with van der Waals surface area (Å²) < 4.78 is 13.6. The minimum atomic E-state index is -0.629. The van der Waals surface area contributed by atoms with Crippen LogP contribution in [0.15, 0.2) is 47.6 Å². The molecule has 0 unspecified atom stereocenters. The van der Waals surface area contributed by atoms with Gasteiger partial charge in [-0.2, -0.15) is 0 Å². The lowest BCUT2D eigenvalue weighted by Gasteiger charge is -2.29. The molecule has 2 aliphatic carbocycles. The predicted molar refractivity (Wildman–Crippen MR) is 110 cm³/mol. The van der Waals surface area contributed by atoms with E-state index in [9.17, 15) is 24.1 Å². The van der Waals surface area contributed by atoms with Crippen LogP contribution < -0.4 is 4.90 Å². The first kappa shape index (κ1) is 19.4. The van der Waals surface area contributed by atoms with E-state index in [1.807, 2.05) is 0 Å². The SMILES string of the molecule is O=C1[C@@H]2[C@H]3C[C@H]([C@H]4ON=C(c5cccc([N+](=O)[O-])c5)[C@@H]34)[C@@H]2C(=O)N1c1ccc(F)c(Cl)c1. The monoisotopic (exact) mass is 455 g/mol. The molecule has 2 heterocycles. The predicted octanol–water partition coefficient (Wildman–Crippen LogP) is 3.56. The molecule has 0 spiro atoms. The maximum absolute atomic E-state index is 13.6. The largest absolute Gasteiger partial charge is 0.391 e. The van der Waals surface area contributed by atoms with Gasteiger partial charge >= 0.3 is 0 Å². The van der Waals surface area contributed by atoms with Gasteiger partial charge in [0.15, 0.2) is 0 Å². The number of nitro groups is 1. The zero-order chi connectivity index (χ0) is 22.3. The molecule has 0 N–H and O–H groups in total. The van der Waals surface area contributed by atoms with Crippen LogP contribution in [0.2, 0.25) is 5.02 Å². The molecule has 2 bridgehead atoms. The van der Waals surface area contributed by atoms with Gasteiger partial charge in [-0.1, -0.05) is 28.9 Å². The minimum absolute atomic E-state index is 0.0545. The standard InChI is InChI=1S/C22H15ClFN3O5/c23-14-7-10(4-5-15(14)24)26-21(28)16-12-8-13(17(16)22(26)29)20-18(12)19(25-32-20)9-2-1-3-11(6-9)27(30)31/h1-7,12-13,16-18,20H,8H2/t12-,13+,16-,17+,18-,20-/m1/s1. The van der Waals surface area contributed by atoms with Crippen molar-refractivity contribution < 1.29 is 23.7 Å². The highest BCUT2D eigenvalue weighted by molar-refractivity contribution is 6.31. The molecule has 1 saturated heterocycles. The molecule has 162 valence electrons. The van der Waals surface area contributed by atoms with E-state index in [2.05, 4.69) is 5.16 Å². The van der Waals surface area contributed by atoms with Gasteiger partial charge in [0.2, 0.25) is 11.8 Å². The molecule has 2 amide bonds. The fourth-order valence-electron chi connectivity index (χ4n) is 6.02. The second kappa shape index (κ2) is 6.59. The normalized spacial score (nSPS) is 32.1. The second-order valence-electron chi connectivity index (χ2n) is 8.61. The summed E-state index contributed by atoms with van der Waals surface area (Å²) in [5, 5.41) is 15.2. The smallest absolute Gasteiger partial charge is 0.270 e. The zero-order valence-corrected chi connectivity index (χ0v) is 17.1. The highest BCUT2D eigenvalue weighted by Crippen LogP contribution is 2.62. The summed E-state index contributed by atoms with van der Waals surface area (Å²) in [5.41, 5.74) is 1.35. The average Bonchev–Trinajstić information content (AvgIpc) is 3.50. The van der Waals surface area contributed by atoms with Crippen molar-refractivity contribution >= 4 is 40.5 Å². The number of halogens is 2. The summed E-state index contributed by atoms with van der Waals surface area (Å²) in [6.07, 6.45) is 0.290. The first-order valence-electron chi connectivity index (χ1n) is 10.2. The Morgan fingerprint density at radius 1 is 1.09 bits per heavy atom. The van der Waals surface area contributed by atoms with Crippen molar-refractivity contribution in [1.29, 1.82) is 0 Å². The minimum Gasteiger partial charge on any atom is -0.391 e. The van der Waals surface area contributed by atoms with E-state index in [-0.39, 0.29) is 52.1 Å². The highest BCUT2D eigenvalue weighted by Gasteiger charge is 2.70. The van der Waals surface area contributed by atoms with E-state index in [1.165, 1.54) is 24.3 Å². The average molecular weight is 456 g/mol. The number of hydrogen-bond acceptors (Lipinski definition) is 6. The summed E-state index contributed by atoms with van der Waals surface area (Å²) in [4.78, 5) is 44.1. The lowest BCUT2D eigenvalue weighted by molar-refractivity contribution is -0.384. The number of fused-ring (bicyclic) bond motifs is 8. The van der Waals surface area contributed by atoms with E-state index in [4.69, 9.17) is 16.4 Å². The van der Waals surface area contributed by atoms with Gasteiger partial charge in [-0.15, -0.1) is 0 Å². The second-order valence-corrected chi connectivity index (χ2v) is 9.01. The first-order valence-corrected chi connectivity index (χ1v) is 10.6. The third-order valence-electron chi connectivity index (χ3n) is 7.20. The molecule has 6 rings (SSSR count). The summed E-state index contributed by atoms with van der Waals surface area (Å²) in [7, 11) is 0. The topological polar surface area (TPSA) is 102 Å². The van der Waals surface area contributed by atoms with Gasteiger partial charge in [0.1, 0.15) is 11.9 Å². The summed E-state index contributed by atoms with van der Waals surface area (Å²) in [5.74, 6) is -2.95. The molecule has 3 fully saturated rings. The Morgan fingerprint density at radius 3 is 2.56 bits per heavy atom. The van der Waals surface area contributed by atoms with Crippen LogP contribution >= 0.6 is 11.6 Å². The molecular weight excluding hydrogens is 441 g/mol. The Labute approximate surface area is 185 Å². The van der Waals surface area contributed by atoms with Gasteiger partial charge in [-0.3, -0.25) is 19.7 Å². The molecule has 4 aliphatic rings. The van der Waals surface area contributed by atoms with E-state index < -0.39 is 22.6 Å². The third-order valence-corrected chi connectivity index (χ3v) is 7.49. The number of nitrogens with zero attached hydrogens (tertiary/aromatic N) is 3. The van der Waals surface area contributed by atoms with Crippen molar-refractivity contribution in [3.63, 3.8) is 0 Å². The van der Waals surface area contributed by atoms with Crippen LogP contribution in [0.4, 0.5) is 15.8 Å². The van der Waals surface area contributed by atoms with Gasteiger partial charge in [0, 0.05) is 29.5 Å². The van der Waals surface area contributed by atoms with Gasteiger partial charge in [-0.25, -0.2) is 9.29 Å². The molecule has 10 heteroatoms. The number of hydrogen-bond donors (Lipinski definition) is 0. The van der Waals surface area contributed by atoms with Crippen molar-refractivity contribution in [2.24, 2.45) is 34.7 Å². The van der Waals surface area contributed by atoms with E-state index in [0.29, 0.717) is 17.7 Å². The number of amides is 2. The Kier molecular flexibility index (Phi) is 3.98. The van der Waals surface area contributed by atoms with Crippen molar-refractivity contribution in [1.82, 2.24) is 0 Å². The molecular formula is C22H15ClFN3O5. The maximum Gasteiger partial charge on any atom is 0.270 e. The fraction of sp³-hybridized carbons (Fsp3) is 0.318. The van der Waals surface area contributed by atoms with Crippen molar-refractivity contribution in [3.8, 4) is 0 Å². The van der Waals surface area contributed by atoms with Crippen molar-refractivity contribution in [2.75, 3.05) is 4.90 Å². The van der Waals surface area contributed by atoms with Crippen LogP contribution in [-0.4, -0.2) is 28.6 Å². The highest BCUT2D eigenvalue weighted by atomic mass is 35.5. The number of carbonyl (C=O) groups is 2. The number of nitro benzene ring substituents is 1. The molecule has 2 aromatic carbocycles. The Bertz CT molecular complexity index is 1250. The van der Waals surface area contributed by atoms with Crippen LogP contribution in [-0.2, 0) is 14.4 Å². The van der Waals surface area contributed by atoms with Crippen LogP contribution in [0.25, 0.3) is 0 Å². The van der Waals surface area contributed by atoms with Crippen molar-refractivity contribution in [2.45, 2.75) is 12.5 Å². The summed E-state index contributed by atoms with van der Waals surface area (Å²) in [6.45, 7) is 0. The van der Waals surface area contributed by atoms with Crippen LogP contribution in [0, 0.1) is 45.5 Å². The van der Waals surface area contributed by atoms with Crippen LogP contribution in [0.3, 0.4) is 0 Å². The summed E-state index contributed by atoms with van der Waals surface area (Å²) >= 11 is 5.87. The molecule has 0 radical (unpaired) electrons. The number of imide groups is 1. The van der Waals surface area contributed by atoms with Crippen molar-refractivity contribution in [3.05, 3.63) is 69.0 Å². The van der Waals surface area contributed by atoms with Crippen LogP contribution in [0.5, 0.6) is 0 Å². The molecule has 2 saturated carbocycles. The Hall–Kier alpha value is -3.33. The number of benzene rings is 2. The van der Waals surface area contributed by atoms with Gasteiger partial charge in [-0.05, 0) is 30.5 Å². The molecule has 0 aromatic heterocycles. The number of rotatable bonds is 3. The van der Waals surface area contributed by atoms with E-state index in [0.717, 1.165) is 11.0 Å². The Balaban J connectivity index is 1.34. The van der Waals surface area contributed by atoms with E-state index >= 15 is 0 Å². The number of oxime groups is 1. The van der Waals surface area contributed by atoms with Gasteiger partial charge in [0.25, 0.3) is 5.69 Å². The first-order chi connectivity index (χ1) is 15.4. The molecule has 2 aromatic rings. The summed E-state index contributed by atoms with van der Waals surface area (Å²) in [6, 6.07) is 9.95. The fourth-order valence-corrected chi connectivity index (χ4v) is 6.20. The lowest BCUT2D eigenvalue weighted by atomic mass is 9.71. The third kappa shape index (κ3) is 2.45. The molecule has 6 atom stereocenters. The molecule has 32 heavy (non-hydrogen) atoms. The maximum atomic E-state index is 13.6. The van der Waals surface area contributed by atoms with Crippen LogP contribution in [0.1, 0.15) is 12.0 Å².